The minimum absolute atomic E-state index is 0.610. The van der Waals surface area contributed by atoms with Gasteiger partial charge in [-0.1, -0.05) is 121 Å². The summed E-state index contributed by atoms with van der Waals surface area (Å²) in [5, 5.41) is 3.87. The molecule has 0 saturated heterocycles. The molecule has 37 heavy (non-hydrogen) atoms. The van der Waals surface area contributed by atoms with Crippen LogP contribution in [0.1, 0.15) is 16.7 Å². The fourth-order valence-electron chi connectivity index (χ4n) is 4.62. The summed E-state index contributed by atoms with van der Waals surface area (Å²) in [6.45, 7) is 0. The monoisotopic (exact) mass is 510 g/mol. The minimum Gasteiger partial charge on any atom is -0.166 e. The third kappa shape index (κ3) is 5.84. The van der Waals surface area contributed by atoms with Crippen LogP contribution in [0.15, 0.2) is 133 Å². The molecular weight excluding hydrogens is 484 g/mol. The third-order valence-electron chi connectivity index (χ3n) is 6.45. The van der Waals surface area contributed by atoms with Gasteiger partial charge in [0.05, 0.1) is 5.56 Å². The van der Waals surface area contributed by atoms with Crippen molar-refractivity contribution in [2.45, 2.75) is 19.0 Å². The lowest BCUT2D eigenvalue weighted by Gasteiger charge is -2.23. The van der Waals surface area contributed by atoms with Gasteiger partial charge in [-0.2, -0.15) is 13.2 Å². The minimum atomic E-state index is -4.31. The number of hydrogen-bond donors (Lipinski definition) is 0. The van der Waals surface area contributed by atoms with Crippen molar-refractivity contribution in [1.29, 1.82) is 0 Å². The summed E-state index contributed by atoms with van der Waals surface area (Å²) >= 11 is 0. The number of benzene rings is 5. The van der Waals surface area contributed by atoms with Crippen molar-refractivity contribution >= 4 is 23.8 Å². The molecule has 0 amide bonds. The first kappa shape index (κ1) is 25.0. The molecule has 0 saturated carbocycles. The van der Waals surface area contributed by atoms with Crippen molar-refractivity contribution in [2.75, 3.05) is 0 Å². The number of aryl methyl sites for hydroxylation is 2. The fourth-order valence-corrected chi connectivity index (χ4v) is 7.08. The van der Waals surface area contributed by atoms with E-state index in [9.17, 15) is 13.2 Å². The molecule has 0 atom stereocenters. The van der Waals surface area contributed by atoms with Crippen LogP contribution in [0.25, 0.3) is 11.1 Å². The zero-order chi connectivity index (χ0) is 25.7. The van der Waals surface area contributed by atoms with Crippen molar-refractivity contribution in [2.24, 2.45) is 0 Å². The normalized spacial score (nSPS) is 11.6. The molecule has 5 aromatic rings. The Morgan fingerprint density at radius 3 is 1.59 bits per heavy atom. The highest BCUT2D eigenvalue weighted by Gasteiger charge is 2.30. The van der Waals surface area contributed by atoms with E-state index in [0.29, 0.717) is 6.42 Å². The van der Waals surface area contributed by atoms with Gasteiger partial charge < -0.3 is 0 Å². The molecule has 5 aromatic carbocycles. The summed E-state index contributed by atoms with van der Waals surface area (Å²) in [5.41, 5.74) is 3.84. The van der Waals surface area contributed by atoms with E-state index in [1.807, 2.05) is 18.2 Å². The molecule has 0 nitrogen and oxygen atoms in total. The second-order valence-corrected chi connectivity index (χ2v) is 11.1. The zero-order valence-electron chi connectivity index (χ0n) is 20.2. The Labute approximate surface area is 217 Å². The van der Waals surface area contributed by atoms with E-state index in [1.165, 1.54) is 44.7 Å². The molecule has 0 unspecified atom stereocenters. The fraction of sp³-hybridized carbons (Fsp3) is 0.0909. The van der Waals surface area contributed by atoms with E-state index >= 15 is 0 Å². The molecule has 0 radical (unpaired) electrons. The number of rotatable bonds is 7. The van der Waals surface area contributed by atoms with Crippen LogP contribution in [0.3, 0.4) is 0 Å². The second-order valence-electron chi connectivity index (χ2n) is 8.88. The highest BCUT2D eigenvalue weighted by molar-refractivity contribution is 7.80. The molecule has 4 heteroatoms. The summed E-state index contributed by atoms with van der Waals surface area (Å²) in [6.07, 6.45) is -2.90. The van der Waals surface area contributed by atoms with Gasteiger partial charge in [-0.25, -0.2) is 0 Å². The average molecular weight is 511 g/mol. The van der Waals surface area contributed by atoms with Crippen LogP contribution in [-0.2, 0) is 19.0 Å². The highest BCUT2D eigenvalue weighted by Crippen LogP contribution is 2.38. The Morgan fingerprint density at radius 2 is 1.00 bits per heavy atom. The van der Waals surface area contributed by atoms with Gasteiger partial charge in [0.1, 0.15) is 0 Å². The van der Waals surface area contributed by atoms with Crippen molar-refractivity contribution in [3.63, 3.8) is 0 Å². The second kappa shape index (κ2) is 11.2. The van der Waals surface area contributed by atoms with E-state index in [0.717, 1.165) is 12.0 Å². The number of halogens is 3. The standard InChI is InChI=1S/C33H26F3P/c34-33(35,36)27-23-20-25(21-24-27)19-22-26-11-7-8-16-30(26)31-17-9-10-18-32(31)37(28-12-3-1-4-13-28)29-14-5-2-6-15-29/h1-18,20-21,23-24H,19,22H2. The highest BCUT2D eigenvalue weighted by atomic mass is 31.1. The Morgan fingerprint density at radius 1 is 0.486 bits per heavy atom. The van der Waals surface area contributed by atoms with Gasteiger partial charge >= 0.3 is 6.18 Å². The Balaban J connectivity index is 1.51. The predicted molar refractivity (Wildman–Crippen MR) is 149 cm³/mol. The van der Waals surface area contributed by atoms with E-state index in [-0.39, 0.29) is 0 Å². The first-order valence-corrected chi connectivity index (χ1v) is 13.6. The molecule has 0 aliphatic rings. The molecule has 184 valence electrons. The first-order chi connectivity index (χ1) is 18.0. The van der Waals surface area contributed by atoms with Crippen molar-refractivity contribution in [3.05, 3.63) is 150 Å². The van der Waals surface area contributed by atoms with Gasteiger partial charge in [0, 0.05) is 0 Å². The predicted octanol–water partition coefficient (Wildman–Crippen LogP) is 7.92. The summed E-state index contributed by atoms with van der Waals surface area (Å²) < 4.78 is 38.9. The lowest BCUT2D eigenvalue weighted by atomic mass is 9.95. The van der Waals surface area contributed by atoms with Crippen LogP contribution in [0.2, 0.25) is 0 Å². The maximum atomic E-state index is 13.0. The molecule has 5 rings (SSSR count). The molecule has 0 fully saturated rings. The van der Waals surface area contributed by atoms with Crippen molar-refractivity contribution in [1.82, 2.24) is 0 Å². The van der Waals surface area contributed by atoms with E-state index in [2.05, 4.69) is 91.0 Å². The molecular formula is C33H26F3P. The summed E-state index contributed by atoms with van der Waals surface area (Å²) in [4.78, 5) is 0. The lowest BCUT2D eigenvalue weighted by Crippen LogP contribution is -2.22. The molecule has 0 spiro atoms. The van der Waals surface area contributed by atoms with E-state index < -0.39 is 19.7 Å². The van der Waals surface area contributed by atoms with Gasteiger partial charge in [0.25, 0.3) is 0 Å². The van der Waals surface area contributed by atoms with E-state index in [1.54, 1.807) is 12.1 Å². The van der Waals surface area contributed by atoms with Crippen LogP contribution < -0.4 is 15.9 Å². The van der Waals surface area contributed by atoms with Crippen molar-refractivity contribution < 1.29 is 13.2 Å². The summed E-state index contributed by atoms with van der Waals surface area (Å²) in [7, 11) is -0.777. The molecule has 0 bridgehead atoms. The van der Waals surface area contributed by atoms with Gasteiger partial charge in [-0.15, -0.1) is 0 Å². The van der Waals surface area contributed by atoms with Gasteiger partial charge in [-0.3, -0.25) is 0 Å². The maximum Gasteiger partial charge on any atom is 0.416 e. The van der Waals surface area contributed by atoms with Gasteiger partial charge in [0.2, 0.25) is 0 Å². The molecule has 0 aliphatic carbocycles. The van der Waals surface area contributed by atoms with Gasteiger partial charge in [0.15, 0.2) is 0 Å². The molecule has 0 heterocycles. The smallest absolute Gasteiger partial charge is 0.166 e. The zero-order valence-corrected chi connectivity index (χ0v) is 21.1. The molecule has 0 N–H and O–H groups in total. The van der Waals surface area contributed by atoms with Crippen LogP contribution >= 0.6 is 7.92 Å². The first-order valence-electron chi connectivity index (χ1n) is 12.2. The van der Waals surface area contributed by atoms with Gasteiger partial charge in [-0.05, 0) is 71.1 Å². The Hall–Kier alpha value is -3.68. The van der Waals surface area contributed by atoms with E-state index in [4.69, 9.17) is 0 Å². The SMILES string of the molecule is FC(F)(F)c1ccc(CCc2ccccc2-c2ccccc2P(c2ccccc2)c2ccccc2)cc1. The quantitative estimate of drug-likeness (QED) is 0.195. The topological polar surface area (TPSA) is 0 Å². The summed E-state index contributed by atoms with van der Waals surface area (Å²) in [6, 6.07) is 43.7. The third-order valence-corrected chi connectivity index (χ3v) is 8.95. The van der Waals surface area contributed by atoms with Crippen LogP contribution in [-0.4, -0.2) is 0 Å². The number of hydrogen-bond acceptors (Lipinski definition) is 0. The largest absolute Gasteiger partial charge is 0.416 e. The van der Waals surface area contributed by atoms with Crippen molar-refractivity contribution in [3.8, 4) is 11.1 Å². The summed E-state index contributed by atoms with van der Waals surface area (Å²) in [5.74, 6) is 0. The van der Waals surface area contributed by atoms with Crippen LogP contribution in [0.5, 0.6) is 0 Å². The van der Waals surface area contributed by atoms with Crippen LogP contribution in [0, 0.1) is 0 Å². The lowest BCUT2D eigenvalue weighted by molar-refractivity contribution is -0.137. The molecule has 0 aromatic heterocycles. The Kier molecular flexibility index (Phi) is 7.53. The molecule has 0 aliphatic heterocycles. The Bertz CT molecular complexity index is 1400. The number of alkyl halides is 3. The van der Waals surface area contributed by atoms with Crippen LogP contribution in [0.4, 0.5) is 13.2 Å². The maximum absolute atomic E-state index is 13.0. The average Bonchev–Trinajstić information content (AvgIpc) is 2.94.